The molecule has 94 valence electrons. The van der Waals surface area contributed by atoms with Gasteiger partial charge < -0.3 is 5.32 Å². The van der Waals surface area contributed by atoms with Gasteiger partial charge in [0.25, 0.3) is 0 Å². The van der Waals surface area contributed by atoms with E-state index in [-0.39, 0.29) is 5.82 Å². The highest BCUT2D eigenvalue weighted by molar-refractivity contribution is 6.30. The van der Waals surface area contributed by atoms with Gasteiger partial charge in [-0.3, -0.25) is 0 Å². The topological polar surface area (TPSA) is 12.0 Å². The van der Waals surface area contributed by atoms with Crippen molar-refractivity contribution in [3.8, 4) is 0 Å². The largest absolute Gasteiger partial charge is 0.381 e. The number of hydrogen-bond donors (Lipinski definition) is 1. The van der Waals surface area contributed by atoms with E-state index in [1.165, 1.54) is 28.8 Å². The summed E-state index contributed by atoms with van der Waals surface area (Å²) < 4.78 is 13.2. The number of anilines is 1. The molecule has 0 atom stereocenters. The van der Waals surface area contributed by atoms with Gasteiger partial charge in [0.1, 0.15) is 5.82 Å². The molecule has 0 amide bonds. The first-order valence-electron chi connectivity index (χ1n) is 5.81. The Labute approximate surface area is 112 Å². The molecule has 0 bridgehead atoms. The van der Waals surface area contributed by atoms with Gasteiger partial charge in [0.05, 0.1) is 0 Å². The SMILES string of the molecule is Cc1ccc(C)c(CNc2cc(F)cc(Cl)c2)c1. The van der Waals surface area contributed by atoms with E-state index in [1.54, 1.807) is 6.07 Å². The lowest BCUT2D eigenvalue weighted by atomic mass is 10.1. The summed E-state index contributed by atoms with van der Waals surface area (Å²) in [5.41, 5.74) is 4.33. The molecule has 0 spiro atoms. The van der Waals surface area contributed by atoms with Crippen molar-refractivity contribution in [1.29, 1.82) is 0 Å². The Morgan fingerprint density at radius 2 is 1.89 bits per heavy atom. The molecule has 2 aromatic carbocycles. The summed E-state index contributed by atoms with van der Waals surface area (Å²) in [7, 11) is 0. The zero-order valence-electron chi connectivity index (χ0n) is 10.4. The molecule has 0 fully saturated rings. The van der Waals surface area contributed by atoms with E-state index in [2.05, 4.69) is 37.4 Å². The van der Waals surface area contributed by atoms with Gasteiger partial charge in [-0.1, -0.05) is 35.4 Å². The zero-order valence-corrected chi connectivity index (χ0v) is 11.2. The van der Waals surface area contributed by atoms with Crippen molar-refractivity contribution in [2.75, 3.05) is 5.32 Å². The third kappa shape index (κ3) is 3.23. The van der Waals surface area contributed by atoms with E-state index in [0.29, 0.717) is 17.3 Å². The number of hydrogen-bond acceptors (Lipinski definition) is 1. The monoisotopic (exact) mass is 263 g/mol. The van der Waals surface area contributed by atoms with Crippen LogP contribution in [0.25, 0.3) is 0 Å². The van der Waals surface area contributed by atoms with E-state index in [4.69, 9.17) is 11.6 Å². The molecule has 0 unspecified atom stereocenters. The fourth-order valence-corrected chi connectivity index (χ4v) is 2.07. The molecule has 0 radical (unpaired) electrons. The van der Waals surface area contributed by atoms with Crippen molar-refractivity contribution in [3.63, 3.8) is 0 Å². The van der Waals surface area contributed by atoms with E-state index >= 15 is 0 Å². The molecule has 0 saturated heterocycles. The average Bonchev–Trinajstić information content (AvgIpc) is 2.29. The zero-order chi connectivity index (χ0) is 13.1. The van der Waals surface area contributed by atoms with Gasteiger partial charge in [0.15, 0.2) is 0 Å². The summed E-state index contributed by atoms with van der Waals surface area (Å²) in [6.07, 6.45) is 0. The van der Waals surface area contributed by atoms with Crippen LogP contribution in [0, 0.1) is 19.7 Å². The molecule has 18 heavy (non-hydrogen) atoms. The van der Waals surface area contributed by atoms with Gasteiger partial charge in [-0.05, 0) is 43.2 Å². The minimum absolute atomic E-state index is 0.328. The second-order valence-electron chi connectivity index (χ2n) is 4.44. The average molecular weight is 264 g/mol. The predicted octanol–water partition coefficient (Wildman–Crippen LogP) is 4.71. The molecular formula is C15H15ClFN. The Kier molecular flexibility index (Phi) is 3.87. The molecular weight excluding hydrogens is 249 g/mol. The molecule has 0 aliphatic heterocycles. The quantitative estimate of drug-likeness (QED) is 0.846. The maximum Gasteiger partial charge on any atom is 0.126 e. The van der Waals surface area contributed by atoms with Crippen LogP contribution >= 0.6 is 11.6 Å². The number of benzene rings is 2. The van der Waals surface area contributed by atoms with Gasteiger partial charge in [0.2, 0.25) is 0 Å². The van der Waals surface area contributed by atoms with Crippen LogP contribution in [0.2, 0.25) is 5.02 Å². The Morgan fingerprint density at radius 3 is 2.61 bits per heavy atom. The second kappa shape index (κ2) is 5.40. The Bertz CT molecular complexity index is 546. The number of rotatable bonds is 3. The number of nitrogens with one attached hydrogen (secondary N) is 1. The van der Waals surface area contributed by atoms with Gasteiger partial charge in [-0.15, -0.1) is 0 Å². The Balaban J connectivity index is 2.13. The van der Waals surface area contributed by atoms with E-state index < -0.39 is 0 Å². The number of halogens is 2. The normalized spacial score (nSPS) is 10.4. The van der Waals surface area contributed by atoms with Crippen molar-refractivity contribution in [2.24, 2.45) is 0 Å². The third-order valence-corrected chi connectivity index (χ3v) is 3.07. The number of aryl methyl sites for hydroxylation is 2. The molecule has 0 saturated carbocycles. The molecule has 3 heteroatoms. The Hall–Kier alpha value is -1.54. The van der Waals surface area contributed by atoms with Crippen LogP contribution in [0.1, 0.15) is 16.7 Å². The van der Waals surface area contributed by atoms with Crippen molar-refractivity contribution in [3.05, 3.63) is 63.9 Å². The molecule has 2 rings (SSSR count). The minimum atomic E-state index is -0.328. The van der Waals surface area contributed by atoms with Gasteiger partial charge >= 0.3 is 0 Å². The standard InChI is InChI=1S/C15H15ClFN/c1-10-3-4-11(2)12(5-10)9-18-15-7-13(16)6-14(17)8-15/h3-8,18H,9H2,1-2H3. The minimum Gasteiger partial charge on any atom is -0.381 e. The van der Waals surface area contributed by atoms with Crippen molar-refractivity contribution in [1.82, 2.24) is 0 Å². The molecule has 1 N–H and O–H groups in total. The first-order chi connectivity index (χ1) is 8.54. The lowest BCUT2D eigenvalue weighted by Crippen LogP contribution is -2.02. The van der Waals surface area contributed by atoms with E-state index in [9.17, 15) is 4.39 Å². The summed E-state index contributed by atoms with van der Waals surface area (Å²) in [6, 6.07) is 10.8. The molecule has 0 aliphatic carbocycles. The third-order valence-electron chi connectivity index (χ3n) is 2.85. The van der Waals surface area contributed by atoms with Crippen LogP contribution in [0.4, 0.5) is 10.1 Å². The molecule has 0 aliphatic rings. The molecule has 2 aromatic rings. The highest BCUT2D eigenvalue weighted by atomic mass is 35.5. The highest BCUT2D eigenvalue weighted by Crippen LogP contribution is 2.19. The van der Waals surface area contributed by atoms with Crippen LogP contribution in [0.15, 0.2) is 36.4 Å². The summed E-state index contributed by atoms with van der Waals surface area (Å²) in [5, 5.41) is 3.59. The predicted molar refractivity (Wildman–Crippen MR) is 74.7 cm³/mol. The first-order valence-corrected chi connectivity index (χ1v) is 6.18. The molecule has 1 nitrogen and oxygen atoms in total. The van der Waals surface area contributed by atoms with Crippen molar-refractivity contribution in [2.45, 2.75) is 20.4 Å². The van der Waals surface area contributed by atoms with Crippen LogP contribution in [-0.2, 0) is 6.54 Å². The van der Waals surface area contributed by atoms with E-state index in [0.717, 1.165) is 0 Å². The van der Waals surface area contributed by atoms with E-state index in [1.807, 2.05) is 0 Å². The van der Waals surface area contributed by atoms with Crippen LogP contribution < -0.4 is 5.32 Å². The highest BCUT2D eigenvalue weighted by Gasteiger charge is 2.01. The van der Waals surface area contributed by atoms with Gasteiger partial charge in [-0.25, -0.2) is 4.39 Å². The lowest BCUT2D eigenvalue weighted by Gasteiger charge is -2.10. The molecule has 0 aromatic heterocycles. The van der Waals surface area contributed by atoms with Crippen LogP contribution in [0.5, 0.6) is 0 Å². The Morgan fingerprint density at radius 1 is 1.11 bits per heavy atom. The maximum absolute atomic E-state index is 13.2. The van der Waals surface area contributed by atoms with Crippen molar-refractivity contribution < 1.29 is 4.39 Å². The summed E-state index contributed by atoms with van der Waals surface area (Å²) in [4.78, 5) is 0. The smallest absolute Gasteiger partial charge is 0.126 e. The van der Waals surface area contributed by atoms with Gasteiger partial charge in [-0.2, -0.15) is 0 Å². The van der Waals surface area contributed by atoms with Gasteiger partial charge in [0, 0.05) is 17.3 Å². The van der Waals surface area contributed by atoms with Crippen LogP contribution in [-0.4, -0.2) is 0 Å². The fraction of sp³-hybridized carbons (Fsp3) is 0.200. The first kappa shape index (κ1) is 12.9. The summed E-state index contributed by atoms with van der Waals surface area (Å²) >= 11 is 5.81. The van der Waals surface area contributed by atoms with Crippen molar-refractivity contribution >= 4 is 17.3 Å². The maximum atomic E-state index is 13.2. The summed E-state index contributed by atoms with van der Waals surface area (Å²) in [5.74, 6) is -0.328. The molecule has 0 heterocycles. The fourth-order valence-electron chi connectivity index (χ4n) is 1.84. The van der Waals surface area contributed by atoms with Crippen LogP contribution in [0.3, 0.4) is 0 Å². The summed E-state index contributed by atoms with van der Waals surface area (Å²) in [6.45, 7) is 4.78. The lowest BCUT2D eigenvalue weighted by molar-refractivity contribution is 0.628. The second-order valence-corrected chi connectivity index (χ2v) is 4.88.